The number of hydrogen-bond donors (Lipinski definition) is 2. The summed E-state index contributed by atoms with van der Waals surface area (Å²) in [5, 5.41) is 9.76. The maximum Gasteiger partial charge on any atom is 0.292 e. The molecule has 1 amide bonds. The van der Waals surface area contributed by atoms with Crippen LogP contribution in [-0.4, -0.2) is 38.7 Å². The maximum atomic E-state index is 11.9. The number of imidazole rings is 1. The normalized spacial score (nSPS) is 18.0. The number of carbonyl (C=O) groups excluding carboxylic acids is 1. The first-order chi connectivity index (χ1) is 10.2. The highest BCUT2D eigenvalue weighted by Gasteiger charge is 2.24. The SMILES string of the molecule is Cn1ccnc1CCNC(=O)c1noc(C2CCCN2)n1. The van der Waals surface area contributed by atoms with E-state index in [9.17, 15) is 4.79 Å². The maximum absolute atomic E-state index is 11.9. The molecule has 2 aromatic rings. The van der Waals surface area contributed by atoms with Crippen molar-refractivity contribution in [2.24, 2.45) is 7.05 Å². The molecule has 8 heteroatoms. The molecular formula is C13H18N6O2. The second-order valence-corrected chi connectivity index (χ2v) is 5.07. The Bertz CT molecular complexity index is 614. The summed E-state index contributed by atoms with van der Waals surface area (Å²) in [6, 6.07) is 0.0756. The van der Waals surface area contributed by atoms with E-state index in [0.717, 1.165) is 25.2 Å². The van der Waals surface area contributed by atoms with Gasteiger partial charge >= 0.3 is 0 Å². The molecule has 1 fully saturated rings. The van der Waals surface area contributed by atoms with Crippen molar-refractivity contribution in [1.29, 1.82) is 0 Å². The molecule has 2 N–H and O–H groups in total. The van der Waals surface area contributed by atoms with Crippen molar-refractivity contribution >= 4 is 5.91 Å². The minimum absolute atomic E-state index is 0.0756. The molecule has 0 aliphatic carbocycles. The van der Waals surface area contributed by atoms with Gasteiger partial charge in [-0.15, -0.1) is 0 Å². The molecule has 0 bridgehead atoms. The first-order valence-corrected chi connectivity index (χ1v) is 7.05. The van der Waals surface area contributed by atoms with Crippen LogP contribution in [0.4, 0.5) is 0 Å². The fraction of sp³-hybridized carbons (Fsp3) is 0.538. The largest absolute Gasteiger partial charge is 0.349 e. The Morgan fingerprint density at radius 2 is 2.52 bits per heavy atom. The lowest BCUT2D eigenvalue weighted by molar-refractivity contribution is 0.0940. The summed E-state index contributed by atoms with van der Waals surface area (Å²) in [6.45, 7) is 1.42. The highest BCUT2D eigenvalue weighted by Crippen LogP contribution is 2.20. The molecule has 0 aromatic carbocycles. The number of nitrogens with one attached hydrogen (secondary N) is 2. The van der Waals surface area contributed by atoms with E-state index in [1.165, 1.54) is 0 Å². The van der Waals surface area contributed by atoms with E-state index < -0.39 is 0 Å². The van der Waals surface area contributed by atoms with E-state index in [2.05, 4.69) is 25.8 Å². The smallest absolute Gasteiger partial charge is 0.292 e. The second-order valence-electron chi connectivity index (χ2n) is 5.07. The number of nitrogens with zero attached hydrogens (tertiary/aromatic N) is 4. The van der Waals surface area contributed by atoms with Crippen LogP contribution >= 0.6 is 0 Å². The van der Waals surface area contributed by atoms with E-state index in [0.29, 0.717) is 18.9 Å². The number of amides is 1. The van der Waals surface area contributed by atoms with E-state index >= 15 is 0 Å². The van der Waals surface area contributed by atoms with Gasteiger partial charge in [0.05, 0.1) is 6.04 Å². The minimum atomic E-state index is -0.322. The third-order valence-corrected chi connectivity index (χ3v) is 3.56. The van der Waals surface area contributed by atoms with Gasteiger partial charge in [0.1, 0.15) is 5.82 Å². The highest BCUT2D eigenvalue weighted by molar-refractivity contribution is 5.90. The van der Waals surface area contributed by atoms with E-state index in [4.69, 9.17) is 4.52 Å². The molecule has 8 nitrogen and oxygen atoms in total. The topological polar surface area (TPSA) is 97.9 Å². The summed E-state index contributed by atoms with van der Waals surface area (Å²) in [5.41, 5.74) is 0. The van der Waals surface area contributed by atoms with Crippen molar-refractivity contribution in [2.45, 2.75) is 25.3 Å². The number of aromatic nitrogens is 4. The predicted octanol–water partition coefficient (Wildman–Crippen LogP) is 0.200. The molecule has 1 atom stereocenters. The minimum Gasteiger partial charge on any atom is -0.349 e. The van der Waals surface area contributed by atoms with Gasteiger partial charge in [0.2, 0.25) is 5.89 Å². The van der Waals surface area contributed by atoms with Crippen LogP contribution < -0.4 is 10.6 Å². The molecule has 0 saturated carbocycles. The van der Waals surface area contributed by atoms with Crippen LogP contribution in [0.3, 0.4) is 0 Å². The van der Waals surface area contributed by atoms with Gasteiger partial charge in [-0.2, -0.15) is 4.98 Å². The number of carbonyl (C=O) groups is 1. The Labute approximate surface area is 121 Å². The lowest BCUT2D eigenvalue weighted by Crippen LogP contribution is -2.27. The van der Waals surface area contributed by atoms with Crippen molar-refractivity contribution in [3.63, 3.8) is 0 Å². The Kier molecular flexibility index (Phi) is 3.96. The summed E-state index contributed by atoms with van der Waals surface area (Å²) >= 11 is 0. The average molecular weight is 290 g/mol. The molecular weight excluding hydrogens is 272 g/mol. The molecule has 3 rings (SSSR count). The average Bonchev–Trinajstić information content (AvgIpc) is 3.19. The third kappa shape index (κ3) is 3.10. The fourth-order valence-corrected chi connectivity index (χ4v) is 2.37. The van der Waals surface area contributed by atoms with E-state index in [-0.39, 0.29) is 17.8 Å². The first kappa shape index (κ1) is 13.7. The van der Waals surface area contributed by atoms with Crippen molar-refractivity contribution < 1.29 is 9.32 Å². The summed E-state index contributed by atoms with van der Waals surface area (Å²) < 4.78 is 7.06. The van der Waals surface area contributed by atoms with Crippen molar-refractivity contribution in [2.75, 3.05) is 13.1 Å². The van der Waals surface area contributed by atoms with Crippen LogP contribution in [0.5, 0.6) is 0 Å². The lowest BCUT2D eigenvalue weighted by Gasteiger charge is -2.03. The first-order valence-electron chi connectivity index (χ1n) is 7.05. The summed E-state index contributed by atoms with van der Waals surface area (Å²) in [6.07, 6.45) is 6.30. The monoisotopic (exact) mass is 290 g/mol. The number of aryl methyl sites for hydroxylation is 1. The Morgan fingerprint density at radius 3 is 3.24 bits per heavy atom. The fourth-order valence-electron chi connectivity index (χ4n) is 2.37. The molecule has 21 heavy (non-hydrogen) atoms. The van der Waals surface area contributed by atoms with Crippen LogP contribution in [-0.2, 0) is 13.5 Å². The van der Waals surface area contributed by atoms with Crippen LogP contribution in [0.1, 0.15) is 41.2 Å². The standard InChI is InChI=1S/C13H18N6O2/c1-19-8-7-15-10(19)4-6-16-12(20)11-17-13(21-18-11)9-3-2-5-14-9/h7-9,14H,2-6H2,1H3,(H,16,20). The van der Waals surface area contributed by atoms with Gasteiger partial charge in [0.15, 0.2) is 0 Å². The third-order valence-electron chi connectivity index (χ3n) is 3.56. The molecule has 2 aromatic heterocycles. The molecule has 1 saturated heterocycles. The summed E-state index contributed by atoms with van der Waals surface area (Å²) in [4.78, 5) is 20.3. The highest BCUT2D eigenvalue weighted by atomic mass is 16.5. The summed E-state index contributed by atoms with van der Waals surface area (Å²) in [7, 11) is 1.92. The van der Waals surface area contributed by atoms with Gasteiger partial charge in [-0.05, 0) is 19.4 Å². The molecule has 1 aliphatic rings. The Balaban J connectivity index is 1.52. The Morgan fingerprint density at radius 1 is 1.62 bits per heavy atom. The Hall–Kier alpha value is -2.22. The zero-order valence-corrected chi connectivity index (χ0v) is 11.9. The summed E-state index contributed by atoms with van der Waals surface area (Å²) in [5.74, 6) is 1.16. The molecule has 3 heterocycles. The van der Waals surface area contributed by atoms with Crippen molar-refractivity contribution in [3.8, 4) is 0 Å². The van der Waals surface area contributed by atoms with E-state index in [1.54, 1.807) is 6.20 Å². The van der Waals surface area contributed by atoms with Gasteiger partial charge in [-0.3, -0.25) is 4.79 Å². The van der Waals surface area contributed by atoms with Gasteiger partial charge in [-0.25, -0.2) is 4.98 Å². The van der Waals surface area contributed by atoms with Gasteiger partial charge in [0.25, 0.3) is 11.7 Å². The quantitative estimate of drug-likeness (QED) is 0.816. The zero-order valence-electron chi connectivity index (χ0n) is 11.9. The predicted molar refractivity (Wildman–Crippen MR) is 73.5 cm³/mol. The molecule has 0 spiro atoms. The van der Waals surface area contributed by atoms with Crippen LogP contribution in [0.15, 0.2) is 16.9 Å². The molecule has 1 unspecified atom stereocenters. The van der Waals surface area contributed by atoms with E-state index in [1.807, 2.05) is 17.8 Å². The van der Waals surface area contributed by atoms with Crippen LogP contribution in [0.2, 0.25) is 0 Å². The zero-order chi connectivity index (χ0) is 14.7. The van der Waals surface area contributed by atoms with Crippen LogP contribution in [0, 0.1) is 0 Å². The van der Waals surface area contributed by atoms with Crippen molar-refractivity contribution in [3.05, 3.63) is 29.9 Å². The molecule has 1 aliphatic heterocycles. The molecule has 112 valence electrons. The number of rotatable bonds is 5. The van der Waals surface area contributed by atoms with Crippen molar-refractivity contribution in [1.82, 2.24) is 30.3 Å². The van der Waals surface area contributed by atoms with Gasteiger partial charge < -0.3 is 19.7 Å². The lowest BCUT2D eigenvalue weighted by atomic mass is 10.2. The molecule has 0 radical (unpaired) electrons. The van der Waals surface area contributed by atoms with Gasteiger partial charge in [-0.1, -0.05) is 5.16 Å². The second kappa shape index (κ2) is 6.04. The number of hydrogen-bond acceptors (Lipinski definition) is 6. The van der Waals surface area contributed by atoms with Gasteiger partial charge in [0, 0.05) is 32.4 Å². The van der Waals surface area contributed by atoms with Crippen LogP contribution in [0.25, 0.3) is 0 Å².